The van der Waals surface area contributed by atoms with Crippen molar-refractivity contribution >= 4 is 52.6 Å². The van der Waals surface area contributed by atoms with Gasteiger partial charge >= 0.3 is 5.97 Å². The molecule has 3 rings (SSSR count). The Morgan fingerprint density at radius 3 is 1.93 bits per heavy atom. The van der Waals surface area contributed by atoms with E-state index < -0.39 is 34.5 Å². The minimum absolute atomic E-state index is 0. The summed E-state index contributed by atoms with van der Waals surface area (Å²) in [4.78, 5) is 37.0. The normalized spacial score (nSPS) is 17.1. The van der Waals surface area contributed by atoms with Crippen LogP contribution in [-0.2, 0) is 24.4 Å². The van der Waals surface area contributed by atoms with Crippen molar-refractivity contribution in [3.63, 3.8) is 0 Å². The highest BCUT2D eigenvalue weighted by molar-refractivity contribution is 7.89. The summed E-state index contributed by atoms with van der Waals surface area (Å²) in [6.07, 6.45) is 7.92. The summed E-state index contributed by atoms with van der Waals surface area (Å²) in [5, 5.41) is 25.0. The number of carbonyl (C=O) groups excluding carboxylic acids is 2. The number of carboxylic acid groups (broad SMARTS) is 1. The van der Waals surface area contributed by atoms with Crippen LogP contribution in [0.25, 0.3) is 0 Å². The van der Waals surface area contributed by atoms with Crippen LogP contribution in [0.1, 0.15) is 62.8 Å². The zero-order valence-corrected chi connectivity index (χ0v) is 26.7. The van der Waals surface area contributed by atoms with Crippen LogP contribution in [0, 0.1) is 31.6 Å². The van der Waals surface area contributed by atoms with Gasteiger partial charge in [0.2, 0.25) is 21.8 Å². The van der Waals surface area contributed by atoms with Crippen molar-refractivity contribution in [2.24, 2.45) is 17.8 Å². The maximum absolute atomic E-state index is 13.1. The molecule has 0 bridgehead atoms. The van der Waals surface area contributed by atoms with E-state index in [1.165, 1.54) is 13.8 Å². The van der Waals surface area contributed by atoms with Crippen LogP contribution in [-0.4, -0.2) is 81.8 Å². The molecule has 2 saturated heterocycles. The molecule has 0 radical (unpaired) electrons. The van der Waals surface area contributed by atoms with Gasteiger partial charge in [-0.05, 0) is 103 Å². The lowest BCUT2D eigenvalue weighted by molar-refractivity contribution is -0.139. The van der Waals surface area contributed by atoms with Crippen molar-refractivity contribution in [1.82, 2.24) is 31.1 Å². The maximum Gasteiger partial charge on any atom is 0.323 e. The molecule has 6 N–H and O–H groups in total. The molecule has 242 valence electrons. The number of nitrogens with zero attached hydrogens (tertiary/aromatic N) is 1. The van der Waals surface area contributed by atoms with Crippen LogP contribution in [0.4, 0.5) is 0 Å². The summed E-state index contributed by atoms with van der Waals surface area (Å²) in [6, 6.07) is -1.62. The Kier molecular flexibility index (Phi) is 16.9. The first kappa shape index (κ1) is 38.1. The predicted molar refractivity (Wildman–Crippen MR) is 161 cm³/mol. The molecule has 1 aromatic heterocycles. The molecule has 2 amide bonds. The molecule has 0 aromatic carbocycles. The number of hydrogen-bond donors (Lipinski definition) is 6. The maximum atomic E-state index is 13.1. The van der Waals surface area contributed by atoms with E-state index in [0.717, 1.165) is 77.5 Å². The van der Waals surface area contributed by atoms with Crippen molar-refractivity contribution in [2.45, 2.75) is 76.2 Å². The smallest absolute Gasteiger partial charge is 0.323 e. The van der Waals surface area contributed by atoms with Gasteiger partial charge in [0.1, 0.15) is 16.6 Å². The third-order valence-electron chi connectivity index (χ3n) is 7.89. The number of halogens is 2. The molecule has 1 atom stereocenters. The van der Waals surface area contributed by atoms with Crippen LogP contribution >= 0.6 is 24.8 Å². The molecule has 3 heterocycles. The quantitative estimate of drug-likeness (QED) is 0.160. The monoisotopic (exact) mass is 656 g/mol. The van der Waals surface area contributed by atoms with Gasteiger partial charge in [-0.3, -0.25) is 14.4 Å². The van der Waals surface area contributed by atoms with Gasteiger partial charge in [-0.25, -0.2) is 8.42 Å². The van der Waals surface area contributed by atoms with E-state index in [-0.39, 0.29) is 59.5 Å². The number of nitrogens with one attached hydrogen (secondary N) is 5. The third kappa shape index (κ3) is 12.0. The first-order chi connectivity index (χ1) is 19.1. The number of amides is 2. The van der Waals surface area contributed by atoms with Crippen LogP contribution < -0.4 is 26.0 Å². The Morgan fingerprint density at radius 2 is 1.48 bits per heavy atom. The zero-order chi connectivity index (χ0) is 29.1. The van der Waals surface area contributed by atoms with Gasteiger partial charge in [-0.15, -0.1) is 24.8 Å². The largest absolute Gasteiger partial charge is 0.480 e. The topological polar surface area (TPSA) is 192 Å². The Hall–Kier alpha value is -1.97. The average molecular weight is 658 g/mol. The summed E-state index contributed by atoms with van der Waals surface area (Å²) in [5.74, 6) is -1.21. The number of aryl methyl sites for hydroxylation is 2. The number of piperidine rings is 2. The van der Waals surface area contributed by atoms with Crippen LogP contribution in [0.5, 0.6) is 0 Å². The van der Waals surface area contributed by atoms with E-state index in [1.807, 2.05) is 0 Å². The lowest BCUT2D eigenvalue weighted by Crippen LogP contribution is -2.50. The van der Waals surface area contributed by atoms with Crippen molar-refractivity contribution in [3.8, 4) is 0 Å². The number of aromatic nitrogens is 1. The van der Waals surface area contributed by atoms with Crippen LogP contribution in [0.3, 0.4) is 0 Å². The molecule has 0 spiro atoms. The standard InChI is InChI=1S/C26H44N6O7S.2ClH/c1-17-24(18(2)39-31-17)40(37,38)32-22(26(35)36)15-29-23(33)16-30-25(34)21(5-3-19-7-11-27-12-8-19)6-4-20-9-13-28-14-10-20;;/h19-22,27-28,32H,3-16H2,1-2H3,(H,29,33)(H,30,34)(H,35,36);2*1H. The molecular weight excluding hydrogens is 611 g/mol. The summed E-state index contributed by atoms with van der Waals surface area (Å²) >= 11 is 0. The first-order valence-electron chi connectivity index (χ1n) is 14.2. The lowest BCUT2D eigenvalue weighted by Gasteiger charge is -2.27. The highest BCUT2D eigenvalue weighted by Crippen LogP contribution is 2.27. The number of hydrogen-bond acceptors (Lipinski definition) is 9. The van der Waals surface area contributed by atoms with Crippen LogP contribution in [0.2, 0.25) is 0 Å². The molecule has 2 fully saturated rings. The minimum Gasteiger partial charge on any atom is -0.480 e. The molecule has 2 aliphatic rings. The summed E-state index contributed by atoms with van der Waals surface area (Å²) in [7, 11) is -4.25. The number of rotatable bonds is 15. The van der Waals surface area contributed by atoms with Crippen LogP contribution in [0.15, 0.2) is 9.42 Å². The van der Waals surface area contributed by atoms with Gasteiger partial charge in [-0.1, -0.05) is 5.16 Å². The summed E-state index contributed by atoms with van der Waals surface area (Å²) in [5.41, 5.74) is 0.0933. The zero-order valence-electron chi connectivity index (χ0n) is 24.3. The molecule has 0 aliphatic carbocycles. The van der Waals surface area contributed by atoms with Crippen molar-refractivity contribution < 1.29 is 32.4 Å². The van der Waals surface area contributed by atoms with Gasteiger partial charge in [0.05, 0.1) is 6.54 Å². The second-order valence-electron chi connectivity index (χ2n) is 10.9. The second-order valence-corrected chi connectivity index (χ2v) is 12.6. The Labute approximate surface area is 260 Å². The molecule has 1 unspecified atom stereocenters. The SMILES string of the molecule is Cc1noc(C)c1S(=O)(=O)NC(CNC(=O)CNC(=O)C(CCC1CCNCC1)CCC1CCNCC1)C(=O)O.Cl.Cl. The number of carboxylic acids is 1. The Bertz CT molecular complexity index is 1070. The lowest BCUT2D eigenvalue weighted by atomic mass is 9.84. The predicted octanol–water partition coefficient (Wildman–Crippen LogP) is 1.27. The Morgan fingerprint density at radius 1 is 0.952 bits per heavy atom. The van der Waals surface area contributed by atoms with E-state index in [1.54, 1.807) is 0 Å². The van der Waals surface area contributed by atoms with Gasteiger partial charge in [-0.2, -0.15) is 4.72 Å². The van der Waals surface area contributed by atoms with E-state index in [4.69, 9.17) is 4.52 Å². The van der Waals surface area contributed by atoms with Gasteiger partial charge in [0.25, 0.3) is 0 Å². The second kappa shape index (κ2) is 18.6. The molecular formula is C26H46Cl2N6O7S. The van der Waals surface area contributed by atoms with Gasteiger partial charge < -0.3 is 30.9 Å². The van der Waals surface area contributed by atoms with E-state index in [0.29, 0.717) is 11.8 Å². The first-order valence-corrected chi connectivity index (χ1v) is 15.7. The minimum atomic E-state index is -4.25. The number of carbonyl (C=O) groups is 3. The molecule has 2 aliphatic heterocycles. The van der Waals surface area contributed by atoms with E-state index in [9.17, 15) is 27.9 Å². The number of aliphatic carboxylic acids is 1. The fraction of sp³-hybridized carbons (Fsp3) is 0.769. The Balaban J connectivity index is 0.00000441. The van der Waals surface area contributed by atoms with E-state index >= 15 is 0 Å². The van der Waals surface area contributed by atoms with Crippen molar-refractivity contribution in [2.75, 3.05) is 39.3 Å². The van der Waals surface area contributed by atoms with Crippen molar-refractivity contribution in [1.29, 1.82) is 0 Å². The molecule has 1 aromatic rings. The highest BCUT2D eigenvalue weighted by atomic mass is 35.5. The molecule has 16 heteroatoms. The summed E-state index contributed by atoms with van der Waals surface area (Å²) < 4.78 is 32.3. The van der Waals surface area contributed by atoms with E-state index in [2.05, 4.69) is 31.1 Å². The third-order valence-corrected chi connectivity index (χ3v) is 9.61. The molecule has 42 heavy (non-hydrogen) atoms. The van der Waals surface area contributed by atoms with Gasteiger partial charge in [0.15, 0.2) is 5.76 Å². The molecule has 0 saturated carbocycles. The number of sulfonamides is 1. The van der Waals surface area contributed by atoms with Crippen molar-refractivity contribution in [3.05, 3.63) is 11.5 Å². The van der Waals surface area contributed by atoms with Gasteiger partial charge in [0, 0.05) is 12.5 Å². The molecule has 13 nitrogen and oxygen atoms in total. The summed E-state index contributed by atoms with van der Waals surface area (Å²) in [6.45, 7) is 6.02. The highest BCUT2D eigenvalue weighted by Gasteiger charge is 2.31. The fourth-order valence-electron chi connectivity index (χ4n) is 5.50. The fourth-order valence-corrected chi connectivity index (χ4v) is 7.01. The average Bonchev–Trinajstić information content (AvgIpc) is 3.29.